The van der Waals surface area contributed by atoms with E-state index >= 15 is 0 Å². The van der Waals surface area contributed by atoms with E-state index in [1.807, 2.05) is 0 Å². The summed E-state index contributed by atoms with van der Waals surface area (Å²) >= 11 is 3.69. The molecule has 4 N–H and O–H groups in total. The van der Waals surface area contributed by atoms with Crippen molar-refractivity contribution < 1.29 is 25.2 Å². The molecular formula is C6H12O5S. The summed E-state index contributed by atoms with van der Waals surface area (Å²) < 4.78 is 0. The number of carbonyl (C=O) groups is 1. The van der Waals surface area contributed by atoms with Crippen LogP contribution in [0.5, 0.6) is 0 Å². The van der Waals surface area contributed by atoms with Gasteiger partial charge in [-0.3, -0.25) is 0 Å². The number of aliphatic hydroxyl groups is 4. The van der Waals surface area contributed by atoms with E-state index in [9.17, 15) is 4.79 Å². The number of aldehydes is 1. The predicted molar refractivity (Wildman–Crippen MR) is 43.9 cm³/mol. The molecule has 0 aliphatic rings. The summed E-state index contributed by atoms with van der Waals surface area (Å²) in [5.74, 6) is 0. The Morgan fingerprint density at radius 2 is 1.83 bits per heavy atom. The quantitative estimate of drug-likeness (QED) is 0.248. The number of rotatable bonds is 5. The summed E-state index contributed by atoms with van der Waals surface area (Å²) in [7, 11) is 0. The summed E-state index contributed by atoms with van der Waals surface area (Å²) in [4.78, 5) is 10.0. The van der Waals surface area contributed by atoms with E-state index in [0.29, 0.717) is 0 Å². The molecule has 0 fully saturated rings. The van der Waals surface area contributed by atoms with Crippen LogP contribution in [0.1, 0.15) is 0 Å². The molecule has 0 aromatic rings. The second-order valence-electron chi connectivity index (χ2n) is 2.36. The summed E-state index contributed by atoms with van der Waals surface area (Å²) in [6.45, 7) is -0.649. The summed E-state index contributed by atoms with van der Waals surface area (Å²) in [5.41, 5.74) is 0. The minimum absolute atomic E-state index is 0.199. The Hall–Kier alpha value is -0.140. The summed E-state index contributed by atoms with van der Waals surface area (Å²) in [5, 5.41) is 34.1. The third-order valence-electron chi connectivity index (χ3n) is 1.42. The first kappa shape index (κ1) is 11.9. The monoisotopic (exact) mass is 196 g/mol. The van der Waals surface area contributed by atoms with Crippen LogP contribution in [-0.2, 0) is 4.79 Å². The fourth-order valence-electron chi connectivity index (χ4n) is 0.618. The van der Waals surface area contributed by atoms with Crippen molar-refractivity contribution in [2.45, 2.75) is 23.6 Å². The van der Waals surface area contributed by atoms with Gasteiger partial charge >= 0.3 is 0 Å². The molecule has 0 aliphatic carbocycles. The van der Waals surface area contributed by atoms with Gasteiger partial charge in [0.05, 0.1) is 18.0 Å². The highest BCUT2D eigenvalue weighted by molar-refractivity contribution is 7.81. The van der Waals surface area contributed by atoms with Crippen LogP contribution in [0.15, 0.2) is 0 Å². The van der Waals surface area contributed by atoms with Crippen molar-refractivity contribution in [3.05, 3.63) is 0 Å². The Bertz CT molecular complexity index is 142. The molecule has 4 atom stereocenters. The Kier molecular flexibility index (Phi) is 5.43. The highest BCUT2D eigenvalue weighted by Crippen LogP contribution is 2.09. The lowest BCUT2D eigenvalue weighted by atomic mass is 10.1. The molecule has 0 rings (SSSR count). The zero-order valence-electron chi connectivity index (χ0n) is 6.24. The number of carbonyl (C=O) groups excluding carboxylic acids is 1. The van der Waals surface area contributed by atoms with Crippen LogP contribution in [0.25, 0.3) is 0 Å². The number of hydrogen-bond donors (Lipinski definition) is 5. The molecule has 0 heterocycles. The lowest BCUT2D eigenvalue weighted by molar-refractivity contribution is -0.117. The average Bonchev–Trinajstić information content (AvgIpc) is 2.12. The van der Waals surface area contributed by atoms with Crippen molar-refractivity contribution in [3.63, 3.8) is 0 Å². The molecule has 0 saturated carbocycles. The normalized spacial score (nSPS) is 21.1. The predicted octanol–water partition coefficient (Wildman–Crippen LogP) is -2.44. The van der Waals surface area contributed by atoms with Gasteiger partial charge < -0.3 is 25.2 Å². The van der Waals surface area contributed by atoms with Crippen LogP contribution >= 0.6 is 12.6 Å². The van der Waals surface area contributed by atoms with E-state index in [0.717, 1.165) is 0 Å². The smallest absolute Gasteiger partial charge is 0.149 e. The molecule has 0 aromatic heterocycles. The van der Waals surface area contributed by atoms with Gasteiger partial charge in [0.2, 0.25) is 0 Å². The molecule has 0 saturated heterocycles. The Morgan fingerprint density at radius 1 is 1.33 bits per heavy atom. The maximum atomic E-state index is 10.0. The zero-order valence-corrected chi connectivity index (χ0v) is 7.13. The third kappa shape index (κ3) is 3.08. The number of aliphatic hydroxyl groups excluding tert-OH is 4. The highest BCUT2D eigenvalue weighted by atomic mass is 32.1. The van der Waals surface area contributed by atoms with Gasteiger partial charge in [-0.15, -0.1) is 0 Å². The molecule has 0 aliphatic heterocycles. The van der Waals surface area contributed by atoms with Gasteiger partial charge in [-0.25, -0.2) is 0 Å². The molecule has 0 unspecified atom stereocenters. The van der Waals surface area contributed by atoms with Crippen LogP contribution < -0.4 is 0 Å². The molecule has 12 heavy (non-hydrogen) atoms. The Balaban J connectivity index is 4.07. The third-order valence-corrected chi connectivity index (χ3v) is 2.03. The standard InChI is InChI=1S/C6H12O5S/c7-1-3(9)5(11)6(12)4(10)2-8/h2-7,9-12H,1H2/t3-,4-,5-,6-/m1/s1. The molecule has 6 heteroatoms. The fourth-order valence-corrected chi connectivity index (χ4v) is 0.887. The van der Waals surface area contributed by atoms with Crippen molar-refractivity contribution in [2.24, 2.45) is 0 Å². The van der Waals surface area contributed by atoms with Gasteiger partial charge in [0.1, 0.15) is 18.5 Å². The van der Waals surface area contributed by atoms with E-state index in [1.54, 1.807) is 0 Å². The average molecular weight is 196 g/mol. The molecule has 5 nitrogen and oxygen atoms in total. The lowest BCUT2D eigenvalue weighted by Gasteiger charge is -2.22. The highest BCUT2D eigenvalue weighted by Gasteiger charge is 2.28. The van der Waals surface area contributed by atoms with Crippen molar-refractivity contribution in [3.8, 4) is 0 Å². The molecule has 0 spiro atoms. The van der Waals surface area contributed by atoms with Crippen LogP contribution in [0.3, 0.4) is 0 Å². The minimum atomic E-state index is -1.45. The van der Waals surface area contributed by atoms with Crippen LogP contribution in [0.2, 0.25) is 0 Å². The molecule has 0 radical (unpaired) electrons. The van der Waals surface area contributed by atoms with Gasteiger partial charge in [0, 0.05) is 0 Å². The minimum Gasteiger partial charge on any atom is -0.394 e. The maximum Gasteiger partial charge on any atom is 0.149 e. The van der Waals surface area contributed by atoms with E-state index in [-0.39, 0.29) is 6.29 Å². The Labute approximate surface area is 75.1 Å². The molecule has 0 amide bonds. The molecule has 72 valence electrons. The van der Waals surface area contributed by atoms with Crippen molar-refractivity contribution >= 4 is 18.9 Å². The summed E-state index contributed by atoms with van der Waals surface area (Å²) in [6, 6.07) is 0. The molecule has 0 bridgehead atoms. The first-order valence-electron chi connectivity index (χ1n) is 3.33. The van der Waals surface area contributed by atoms with Gasteiger partial charge in [0.15, 0.2) is 0 Å². The largest absolute Gasteiger partial charge is 0.394 e. The van der Waals surface area contributed by atoms with Crippen LogP contribution in [0, 0.1) is 0 Å². The second kappa shape index (κ2) is 5.50. The van der Waals surface area contributed by atoms with Crippen molar-refractivity contribution in [1.29, 1.82) is 0 Å². The number of hydrogen-bond acceptors (Lipinski definition) is 6. The van der Waals surface area contributed by atoms with Gasteiger partial charge in [-0.2, -0.15) is 12.6 Å². The van der Waals surface area contributed by atoms with Crippen LogP contribution in [-0.4, -0.2) is 56.9 Å². The van der Waals surface area contributed by atoms with Crippen LogP contribution in [0.4, 0.5) is 0 Å². The first-order valence-corrected chi connectivity index (χ1v) is 3.84. The lowest BCUT2D eigenvalue weighted by Crippen LogP contribution is -2.43. The maximum absolute atomic E-state index is 10.0. The van der Waals surface area contributed by atoms with Gasteiger partial charge in [-0.1, -0.05) is 0 Å². The fraction of sp³-hybridized carbons (Fsp3) is 0.833. The first-order chi connectivity index (χ1) is 5.54. The molecular weight excluding hydrogens is 184 g/mol. The van der Waals surface area contributed by atoms with Crippen molar-refractivity contribution in [2.75, 3.05) is 6.61 Å². The van der Waals surface area contributed by atoms with E-state index in [2.05, 4.69) is 12.6 Å². The summed E-state index contributed by atoms with van der Waals surface area (Å²) in [6.07, 6.45) is -4.09. The van der Waals surface area contributed by atoms with E-state index in [1.165, 1.54) is 0 Å². The number of thiol groups is 1. The topological polar surface area (TPSA) is 98.0 Å². The Morgan fingerprint density at radius 3 is 2.17 bits per heavy atom. The molecule has 0 aromatic carbocycles. The van der Waals surface area contributed by atoms with Gasteiger partial charge in [0.25, 0.3) is 0 Å². The second-order valence-corrected chi connectivity index (χ2v) is 2.95. The van der Waals surface area contributed by atoms with Gasteiger partial charge in [-0.05, 0) is 0 Å². The van der Waals surface area contributed by atoms with E-state index in [4.69, 9.17) is 20.4 Å². The van der Waals surface area contributed by atoms with E-state index < -0.39 is 30.2 Å². The van der Waals surface area contributed by atoms with Crippen molar-refractivity contribution in [1.82, 2.24) is 0 Å². The SMILES string of the molecule is O=C[C@@H](O)[C@@H](S)[C@H](O)[C@H](O)CO. The zero-order chi connectivity index (χ0) is 9.72.